The molecule has 1 N–H and O–H groups in total. The van der Waals surface area contributed by atoms with E-state index in [1.54, 1.807) is 6.07 Å². The van der Waals surface area contributed by atoms with Crippen molar-refractivity contribution in [3.05, 3.63) is 70.8 Å². The molecule has 0 radical (unpaired) electrons. The quantitative estimate of drug-likeness (QED) is 0.660. The lowest BCUT2D eigenvalue weighted by Gasteiger charge is -2.08. The zero-order valence-electron chi connectivity index (χ0n) is 12.8. The molecule has 0 amide bonds. The molecule has 0 aromatic heterocycles. The van der Waals surface area contributed by atoms with Crippen LogP contribution in [0.4, 0.5) is 13.2 Å². The lowest BCUT2D eigenvalue weighted by molar-refractivity contribution is -0.137. The smallest absolute Gasteiger partial charge is 0.416 e. The van der Waals surface area contributed by atoms with Crippen LogP contribution in [0.15, 0.2) is 48.5 Å². The van der Waals surface area contributed by atoms with Gasteiger partial charge >= 0.3 is 6.18 Å². The third-order valence-corrected chi connectivity index (χ3v) is 3.36. The van der Waals surface area contributed by atoms with E-state index >= 15 is 0 Å². The Morgan fingerprint density at radius 1 is 1.21 bits per heavy atom. The van der Waals surface area contributed by atoms with Gasteiger partial charge < -0.3 is 9.84 Å². The van der Waals surface area contributed by atoms with Crippen molar-refractivity contribution in [1.29, 1.82) is 0 Å². The summed E-state index contributed by atoms with van der Waals surface area (Å²) in [7, 11) is 1.39. The molecule has 3 nitrogen and oxygen atoms in total. The van der Waals surface area contributed by atoms with E-state index in [1.165, 1.54) is 43.5 Å². The highest BCUT2D eigenvalue weighted by Gasteiger charge is 2.30. The normalized spacial score (nSPS) is 11.7. The van der Waals surface area contributed by atoms with Crippen molar-refractivity contribution >= 4 is 11.9 Å². The van der Waals surface area contributed by atoms with Crippen molar-refractivity contribution in [1.82, 2.24) is 0 Å². The molecule has 2 aromatic carbocycles. The number of hydrogen-bond donors (Lipinski definition) is 1. The van der Waals surface area contributed by atoms with E-state index in [-0.39, 0.29) is 17.7 Å². The highest BCUT2D eigenvalue weighted by Crippen LogP contribution is 2.30. The number of methoxy groups -OCH3 is 1. The van der Waals surface area contributed by atoms with Gasteiger partial charge in [-0.1, -0.05) is 24.3 Å². The van der Waals surface area contributed by atoms with Crippen LogP contribution in [0.3, 0.4) is 0 Å². The number of aliphatic hydroxyl groups excluding tert-OH is 1. The molecular formula is C18H15F3O3. The van der Waals surface area contributed by atoms with Gasteiger partial charge in [0.25, 0.3) is 0 Å². The monoisotopic (exact) mass is 336 g/mol. The highest BCUT2D eigenvalue weighted by atomic mass is 19.4. The van der Waals surface area contributed by atoms with E-state index in [2.05, 4.69) is 0 Å². The Bertz CT molecular complexity index is 764. The first kappa shape index (κ1) is 17.7. The summed E-state index contributed by atoms with van der Waals surface area (Å²) in [5.41, 5.74) is 0.342. The summed E-state index contributed by atoms with van der Waals surface area (Å²) in [6.45, 7) is -0.190. The van der Waals surface area contributed by atoms with Gasteiger partial charge in [-0.3, -0.25) is 4.79 Å². The van der Waals surface area contributed by atoms with Crippen LogP contribution in [0.5, 0.6) is 5.75 Å². The van der Waals surface area contributed by atoms with Crippen molar-refractivity contribution in [2.75, 3.05) is 7.11 Å². The van der Waals surface area contributed by atoms with Gasteiger partial charge in [-0.05, 0) is 41.5 Å². The van der Waals surface area contributed by atoms with Crippen LogP contribution in [0, 0.1) is 0 Å². The summed E-state index contributed by atoms with van der Waals surface area (Å²) in [6.07, 6.45) is -1.93. The van der Waals surface area contributed by atoms with E-state index in [1.807, 2.05) is 0 Å². The Labute approximate surface area is 137 Å². The Morgan fingerprint density at radius 3 is 2.58 bits per heavy atom. The van der Waals surface area contributed by atoms with Gasteiger partial charge in [0.1, 0.15) is 5.75 Å². The van der Waals surface area contributed by atoms with Crippen LogP contribution in [0.1, 0.15) is 27.0 Å². The number of ketones is 1. The van der Waals surface area contributed by atoms with Crippen LogP contribution in [-0.2, 0) is 12.8 Å². The van der Waals surface area contributed by atoms with Crippen LogP contribution in [-0.4, -0.2) is 18.0 Å². The number of halogens is 3. The summed E-state index contributed by atoms with van der Waals surface area (Å²) in [5, 5.41) is 9.08. The minimum Gasteiger partial charge on any atom is -0.496 e. The number of rotatable bonds is 5. The molecule has 24 heavy (non-hydrogen) atoms. The molecule has 2 aromatic rings. The minimum absolute atomic E-state index is 0.190. The van der Waals surface area contributed by atoms with Gasteiger partial charge in [0.05, 0.1) is 24.8 Å². The van der Waals surface area contributed by atoms with Gasteiger partial charge in [0.2, 0.25) is 0 Å². The fraction of sp³-hybridized carbons (Fsp3) is 0.167. The molecule has 0 atom stereocenters. The first-order chi connectivity index (χ1) is 11.3. The second-order valence-corrected chi connectivity index (χ2v) is 5.01. The fourth-order valence-electron chi connectivity index (χ4n) is 2.12. The molecule has 6 heteroatoms. The number of carbonyl (C=O) groups is 1. The maximum absolute atomic E-state index is 12.7. The molecule has 0 heterocycles. The van der Waals surface area contributed by atoms with E-state index < -0.39 is 17.5 Å². The standard InChI is InChI=1S/C18H15F3O3/c1-24-17-10-13(11-22)5-7-15(17)16(23)8-6-12-3-2-4-14(9-12)18(19,20)21/h2-10,22H,11H2,1H3. The molecular weight excluding hydrogens is 321 g/mol. The number of hydrogen-bond acceptors (Lipinski definition) is 3. The second-order valence-electron chi connectivity index (χ2n) is 5.01. The fourth-order valence-corrected chi connectivity index (χ4v) is 2.12. The lowest BCUT2D eigenvalue weighted by atomic mass is 10.0. The predicted octanol–water partition coefficient (Wildman–Crippen LogP) is 4.10. The van der Waals surface area contributed by atoms with E-state index in [0.717, 1.165) is 12.1 Å². The van der Waals surface area contributed by atoms with Gasteiger partial charge in [-0.25, -0.2) is 0 Å². The summed E-state index contributed by atoms with van der Waals surface area (Å²) in [4.78, 5) is 12.2. The van der Waals surface area contributed by atoms with Gasteiger partial charge in [-0.2, -0.15) is 13.2 Å². The number of benzene rings is 2. The van der Waals surface area contributed by atoms with E-state index in [4.69, 9.17) is 9.84 Å². The molecule has 0 aliphatic carbocycles. The molecule has 0 aliphatic rings. The predicted molar refractivity (Wildman–Crippen MR) is 83.7 cm³/mol. The van der Waals surface area contributed by atoms with Crippen molar-refractivity contribution in [2.45, 2.75) is 12.8 Å². The topological polar surface area (TPSA) is 46.5 Å². The van der Waals surface area contributed by atoms with Gasteiger partial charge in [-0.15, -0.1) is 0 Å². The van der Waals surface area contributed by atoms with Crippen LogP contribution in [0.2, 0.25) is 0 Å². The van der Waals surface area contributed by atoms with Crippen LogP contribution >= 0.6 is 0 Å². The van der Waals surface area contributed by atoms with E-state index in [0.29, 0.717) is 11.3 Å². The summed E-state index contributed by atoms with van der Waals surface area (Å²) < 4.78 is 43.1. The molecule has 0 saturated heterocycles. The Kier molecular flexibility index (Phi) is 5.41. The summed E-state index contributed by atoms with van der Waals surface area (Å²) in [6, 6.07) is 9.31. The molecule has 0 aliphatic heterocycles. The minimum atomic E-state index is -4.43. The Hall–Kier alpha value is -2.60. The molecule has 0 fully saturated rings. The number of aliphatic hydroxyl groups is 1. The van der Waals surface area contributed by atoms with Crippen LogP contribution < -0.4 is 4.74 Å². The maximum atomic E-state index is 12.7. The van der Waals surface area contributed by atoms with E-state index in [9.17, 15) is 18.0 Å². The SMILES string of the molecule is COc1cc(CO)ccc1C(=O)C=Cc1cccc(C(F)(F)F)c1. The highest BCUT2D eigenvalue weighted by molar-refractivity contribution is 6.08. The molecule has 0 bridgehead atoms. The molecule has 2 rings (SSSR count). The zero-order chi connectivity index (χ0) is 17.7. The molecule has 0 unspecified atom stereocenters. The van der Waals surface area contributed by atoms with Crippen molar-refractivity contribution in [3.8, 4) is 5.75 Å². The van der Waals surface area contributed by atoms with Gasteiger partial charge in [0.15, 0.2) is 5.78 Å². The molecule has 0 spiro atoms. The first-order valence-electron chi connectivity index (χ1n) is 7.02. The first-order valence-corrected chi connectivity index (χ1v) is 7.02. The number of alkyl halides is 3. The maximum Gasteiger partial charge on any atom is 0.416 e. The third-order valence-electron chi connectivity index (χ3n) is 3.36. The average Bonchev–Trinajstić information content (AvgIpc) is 2.58. The average molecular weight is 336 g/mol. The third kappa shape index (κ3) is 4.23. The molecule has 126 valence electrons. The van der Waals surface area contributed by atoms with Crippen molar-refractivity contribution < 1.29 is 27.8 Å². The Balaban J connectivity index is 2.25. The van der Waals surface area contributed by atoms with Crippen LogP contribution in [0.25, 0.3) is 6.08 Å². The number of ether oxygens (including phenoxy) is 1. The van der Waals surface area contributed by atoms with Crippen molar-refractivity contribution in [3.63, 3.8) is 0 Å². The van der Waals surface area contributed by atoms with Crippen molar-refractivity contribution in [2.24, 2.45) is 0 Å². The second kappa shape index (κ2) is 7.31. The summed E-state index contributed by atoms with van der Waals surface area (Å²) in [5.74, 6) is -0.117. The molecule has 0 saturated carbocycles. The summed E-state index contributed by atoms with van der Waals surface area (Å²) >= 11 is 0. The van der Waals surface area contributed by atoms with Gasteiger partial charge in [0, 0.05) is 0 Å². The Morgan fingerprint density at radius 2 is 1.96 bits per heavy atom. The largest absolute Gasteiger partial charge is 0.496 e. The lowest BCUT2D eigenvalue weighted by Crippen LogP contribution is -2.04. The number of allylic oxidation sites excluding steroid dienone is 1. The number of carbonyl (C=O) groups excluding carboxylic acids is 1. The zero-order valence-corrected chi connectivity index (χ0v) is 12.8.